The third kappa shape index (κ3) is 7.69. The van der Waals surface area contributed by atoms with Crippen molar-refractivity contribution < 1.29 is 30.3 Å². The van der Waals surface area contributed by atoms with Crippen LogP contribution in [0.4, 0.5) is 5.82 Å². The maximum absolute atomic E-state index is 11.9. The van der Waals surface area contributed by atoms with Crippen LogP contribution in [0.25, 0.3) is 11.1 Å². The van der Waals surface area contributed by atoms with E-state index in [2.05, 4.69) is 20.6 Å². The summed E-state index contributed by atoms with van der Waals surface area (Å²) in [5.41, 5.74) is -1.32. The number of aliphatic hydroxyl groups is 5. The number of carbonyl (C=O) groups is 1. The molecule has 1 amide bonds. The molecule has 1 unspecified atom stereocenters. The number of benzene rings is 1. The highest BCUT2D eigenvalue weighted by atomic mass is 35.5. The number of carbonyl (C=O) groups excluding carboxylic acids is 1. The minimum Gasteiger partial charge on any atom is -0.395 e. The van der Waals surface area contributed by atoms with Crippen molar-refractivity contribution in [1.82, 2.24) is 15.3 Å². The molecule has 12 heteroatoms. The van der Waals surface area contributed by atoms with Crippen molar-refractivity contribution in [3.05, 3.63) is 70.6 Å². The third-order valence-corrected chi connectivity index (χ3v) is 4.80. The van der Waals surface area contributed by atoms with E-state index >= 15 is 0 Å². The maximum Gasteiger partial charge on any atom is 0.325 e. The summed E-state index contributed by atoms with van der Waals surface area (Å²) in [6.45, 7) is 0.854. The van der Waals surface area contributed by atoms with E-state index in [1.165, 1.54) is 24.5 Å². The number of aromatic nitrogens is 2. The Morgan fingerprint density at radius 2 is 1.79 bits per heavy atom. The Kier molecular flexibility index (Phi) is 9.20. The smallest absolute Gasteiger partial charge is 0.325 e. The Morgan fingerprint density at radius 3 is 2.33 bits per heavy atom. The zero-order valence-corrected chi connectivity index (χ0v) is 19.0. The summed E-state index contributed by atoms with van der Waals surface area (Å²) in [6.07, 6.45) is 2.77. The van der Waals surface area contributed by atoms with Gasteiger partial charge in [0.05, 0.1) is 11.6 Å². The van der Waals surface area contributed by atoms with E-state index in [9.17, 15) is 9.90 Å². The van der Waals surface area contributed by atoms with Crippen LogP contribution in [0.2, 0.25) is 10.0 Å². The lowest BCUT2D eigenvalue weighted by Crippen LogP contribution is -2.57. The fourth-order valence-electron chi connectivity index (χ4n) is 2.42. The highest BCUT2D eigenvalue weighted by Gasteiger charge is 2.43. The summed E-state index contributed by atoms with van der Waals surface area (Å²) < 4.78 is 0. The molecule has 1 aromatic carbocycles. The number of aromatic amines is 1. The molecule has 0 aliphatic carbocycles. The summed E-state index contributed by atoms with van der Waals surface area (Å²) in [5, 5.41) is 51.9. The number of anilines is 1. The molecule has 3 aromatic rings. The molecule has 8 N–H and O–H groups in total. The van der Waals surface area contributed by atoms with Crippen LogP contribution < -0.4 is 10.6 Å². The van der Waals surface area contributed by atoms with Crippen molar-refractivity contribution in [2.45, 2.75) is 18.6 Å². The predicted molar refractivity (Wildman–Crippen MR) is 124 cm³/mol. The van der Waals surface area contributed by atoms with E-state index in [1.807, 2.05) is 30.3 Å². The first kappa shape index (κ1) is 26.6. The highest BCUT2D eigenvalue weighted by molar-refractivity contribution is 6.33. The lowest BCUT2D eigenvalue weighted by atomic mass is 10.1. The first-order chi connectivity index (χ1) is 15.4. The number of rotatable bonds is 7. The van der Waals surface area contributed by atoms with Gasteiger partial charge >= 0.3 is 5.97 Å². The summed E-state index contributed by atoms with van der Waals surface area (Å²) in [7, 11) is 0. The summed E-state index contributed by atoms with van der Waals surface area (Å²) >= 11 is 11.7. The van der Waals surface area contributed by atoms with Crippen LogP contribution in [0.1, 0.15) is 17.4 Å². The molecule has 0 aliphatic heterocycles. The summed E-state index contributed by atoms with van der Waals surface area (Å²) in [5.74, 6) is -3.84. The SMILES string of the molecule is CC(O)(Nc1cc(-c2c[nH]c(C(=O)NCCO)c2)c(Cl)cn1)C(O)(O)O.Clc1ccccc1. The first-order valence-electron chi connectivity index (χ1n) is 9.56. The Balaban J connectivity index is 0.000000468. The number of halogens is 2. The van der Waals surface area contributed by atoms with Crippen LogP contribution in [0, 0.1) is 0 Å². The van der Waals surface area contributed by atoms with Gasteiger partial charge in [0.25, 0.3) is 5.91 Å². The lowest BCUT2D eigenvalue weighted by molar-refractivity contribution is -0.379. The van der Waals surface area contributed by atoms with Crippen LogP contribution in [-0.2, 0) is 0 Å². The number of pyridine rings is 1. The van der Waals surface area contributed by atoms with Crippen molar-refractivity contribution in [2.24, 2.45) is 0 Å². The second-order valence-electron chi connectivity index (χ2n) is 6.96. The molecule has 2 heterocycles. The van der Waals surface area contributed by atoms with E-state index in [4.69, 9.17) is 43.6 Å². The van der Waals surface area contributed by atoms with Crippen LogP contribution in [0.3, 0.4) is 0 Å². The minimum atomic E-state index is -3.42. The lowest BCUT2D eigenvalue weighted by Gasteiger charge is -2.32. The van der Waals surface area contributed by atoms with E-state index in [0.717, 1.165) is 11.9 Å². The zero-order chi connectivity index (χ0) is 24.6. The van der Waals surface area contributed by atoms with Crippen molar-refractivity contribution in [2.75, 3.05) is 18.5 Å². The van der Waals surface area contributed by atoms with Gasteiger partial charge in [0.1, 0.15) is 11.5 Å². The number of nitrogens with one attached hydrogen (secondary N) is 3. The minimum absolute atomic E-state index is 0.0107. The number of hydrogen-bond acceptors (Lipinski definition) is 8. The summed E-state index contributed by atoms with van der Waals surface area (Å²) in [6, 6.07) is 12.4. The number of nitrogens with zero attached hydrogens (tertiary/aromatic N) is 1. The van der Waals surface area contributed by atoms with Gasteiger partial charge in [0.15, 0.2) is 0 Å². The number of aliphatic hydroxyl groups excluding tert-OH is 1. The van der Waals surface area contributed by atoms with E-state index in [-0.39, 0.29) is 29.7 Å². The zero-order valence-electron chi connectivity index (χ0n) is 17.5. The Hall–Kier alpha value is -2.70. The van der Waals surface area contributed by atoms with Crippen LogP contribution >= 0.6 is 23.2 Å². The Labute approximate surface area is 199 Å². The van der Waals surface area contributed by atoms with E-state index in [1.54, 1.807) is 0 Å². The molecule has 3 rings (SSSR count). The van der Waals surface area contributed by atoms with Gasteiger partial charge in [-0.3, -0.25) is 4.79 Å². The van der Waals surface area contributed by atoms with Crippen molar-refractivity contribution >= 4 is 34.9 Å². The molecule has 0 radical (unpaired) electrons. The van der Waals surface area contributed by atoms with Gasteiger partial charge in [-0.05, 0) is 31.2 Å². The molecule has 0 spiro atoms. The average Bonchev–Trinajstić information content (AvgIpc) is 3.23. The molecule has 0 saturated heterocycles. The second-order valence-corrected chi connectivity index (χ2v) is 7.80. The van der Waals surface area contributed by atoms with Gasteiger partial charge in [-0.1, -0.05) is 41.4 Å². The Bertz CT molecular complexity index is 1050. The Morgan fingerprint density at radius 1 is 1.12 bits per heavy atom. The van der Waals surface area contributed by atoms with Crippen LogP contribution in [0.5, 0.6) is 0 Å². The van der Waals surface area contributed by atoms with Gasteiger partial charge in [0, 0.05) is 35.1 Å². The van der Waals surface area contributed by atoms with Crippen LogP contribution in [0.15, 0.2) is 54.9 Å². The molecule has 1 atom stereocenters. The molecular formula is C21H24Cl2N4O6. The monoisotopic (exact) mass is 498 g/mol. The highest BCUT2D eigenvalue weighted by Crippen LogP contribution is 2.31. The molecule has 0 saturated carbocycles. The molecule has 0 aliphatic rings. The van der Waals surface area contributed by atoms with Crippen molar-refractivity contribution in [3.8, 4) is 11.1 Å². The number of hydrogen-bond donors (Lipinski definition) is 8. The standard InChI is InChI=1S/C15H19ClN4O6.C6H5Cl/c1-14(23,15(24,25)26)20-12-5-9(10(16)7-19-12)8-4-11(18-6-8)13(22)17-2-3-21;7-6-4-2-1-3-5-6/h4-7,18,21,23-26H,2-3H2,1H3,(H,17,22)(H,19,20);1-5H. The molecule has 0 fully saturated rings. The maximum atomic E-state index is 11.9. The fraction of sp³-hybridized carbons (Fsp3) is 0.238. The van der Waals surface area contributed by atoms with Crippen molar-refractivity contribution in [1.29, 1.82) is 0 Å². The topological polar surface area (TPSA) is 171 Å². The second kappa shape index (κ2) is 11.4. The van der Waals surface area contributed by atoms with Crippen LogP contribution in [-0.4, -0.2) is 66.3 Å². The molecule has 10 nitrogen and oxygen atoms in total. The quantitative estimate of drug-likeness (QED) is 0.226. The summed E-state index contributed by atoms with van der Waals surface area (Å²) in [4.78, 5) is 18.5. The van der Waals surface area contributed by atoms with Gasteiger partial charge < -0.3 is 41.2 Å². The van der Waals surface area contributed by atoms with Gasteiger partial charge in [-0.15, -0.1) is 0 Å². The van der Waals surface area contributed by atoms with Gasteiger partial charge in [-0.25, -0.2) is 4.98 Å². The fourth-order valence-corrected chi connectivity index (χ4v) is 2.78. The largest absolute Gasteiger partial charge is 0.395 e. The normalized spacial score (nSPS) is 12.8. The van der Waals surface area contributed by atoms with Crippen molar-refractivity contribution in [3.63, 3.8) is 0 Å². The van der Waals surface area contributed by atoms with Gasteiger partial charge in [-0.2, -0.15) is 0 Å². The molecule has 2 aromatic heterocycles. The van der Waals surface area contributed by atoms with E-state index < -0.39 is 17.6 Å². The first-order valence-corrected chi connectivity index (χ1v) is 10.3. The number of H-pyrrole nitrogens is 1. The molecular weight excluding hydrogens is 475 g/mol. The van der Waals surface area contributed by atoms with Gasteiger partial charge in [0.2, 0.25) is 5.72 Å². The van der Waals surface area contributed by atoms with E-state index in [0.29, 0.717) is 11.1 Å². The molecule has 0 bridgehead atoms. The average molecular weight is 499 g/mol. The molecule has 33 heavy (non-hydrogen) atoms. The molecule has 178 valence electrons. The predicted octanol–water partition coefficient (Wildman–Crippen LogP) is 1.54. The third-order valence-electron chi connectivity index (χ3n) is 4.25. The number of amides is 1.